The number of hydrogen-bond donors (Lipinski definition) is 1. The minimum Gasteiger partial charge on any atom is -0.491 e. The van der Waals surface area contributed by atoms with Gasteiger partial charge in [-0.2, -0.15) is 0 Å². The molecule has 0 saturated carbocycles. The fraction of sp³-hybridized carbons (Fsp3) is 0.562. The molecule has 0 fully saturated rings. The van der Waals surface area contributed by atoms with Crippen LogP contribution in [-0.2, 0) is 0 Å². The van der Waals surface area contributed by atoms with E-state index >= 15 is 0 Å². The van der Waals surface area contributed by atoms with Crippen molar-refractivity contribution in [1.82, 2.24) is 5.32 Å². The molecule has 20 heavy (non-hydrogen) atoms. The molecule has 1 aromatic rings. The van der Waals surface area contributed by atoms with Gasteiger partial charge in [-0.15, -0.1) is 11.6 Å². The van der Waals surface area contributed by atoms with Crippen molar-refractivity contribution in [3.05, 3.63) is 29.8 Å². The maximum atomic E-state index is 12.0. The molecule has 1 unspecified atom stereocenters. The molecule has 0 saturated heterocycles. The normalized spacial score (nSPS) is 12.6. The van der Waals surface area contributed by atoms with E-state index in [1.165, 1.54) is 0 Å². The van der Waals surface area contributed by atoms with Crippen molar-refractivity contribution in [2.24, 2.45) is 5.92 Å². The molecule has 1 amide bonds. The smallest absolute Gasteiger partial charge is 0.251 e. The summed E-state index contributed by atoms with van der Waals surface area (Å²) in [6.07, 6.45) is 0.977. The van der Waals surface area contributed by atoms with Crippen molar-refractivity contribution < 1.29 is 9.53 Å². The average Bonchev–Trinajstić information content (AvgIpc) is 2.34. The monoisotopic (exact) mass is 297 g/mol. The number of nitrogens with one attached hydrogen (secondary N) is 1. The Bertz CT molecular complexity index is 432. The largest absolute Gasteiger partial charge is 0.491 e. The highest BCUT2D eigenvalue weighted by Gasteiger charge is 2.11. The van der Waals surface area contributed by atoms with Crippen molar-refractivity contribution in [3.8, 4) is 5.75 Å². The fourth-order valence-electron chi connectivity index (χ4n) is 1.88. The van der Waals surface area contributed by atoms with Crippen molar-refractivity contribution in [2.75, 3.05) is 6.54 Å². The lowest BCUT2D eigenvalue weighted by Crippen LogP contribution is -2.30. The fourth-order valence-corrected chi connectivity index (χ4v) is 2.32. The maximum Gasteiger partial charge on any atom is 0.251 e. The van der Waals surface area contributed by atoms with E-state index in [1.54, 1.807) is 12.1 Å². The van der Waals surface area contributed by atoms with Gasteiger partial charge in [0.15, 0.2) is 0 Å². The Morgan fingerprint density at radius 2 is 2.00 bits per heavy atom. The Balaban J connectivity index is 2.55. The van der Waals surface area contributed by atoms with Gasteiger partial charge in [0.2, 0.25) is 0 Å². The van der Waals surface area contributed by atoms with Gasteiger partial charge in [0.05, 0.1) is 11.5 Å². The summed E-state index contributed by atoms with van der Waals surface area (Å²) in [5, 5.41) is 2.82. The second-order valence-electron chi connectivity index (χ2n) is 5.63. The quantitative estimate of drug-likeness (QED) is 0.776. The number of carbonyl (C=O) groups excluding carboxylic acids is 1. The Morgan fingerprint density at radius 1 is 1.30 bits per heavy atom. The number of rotatable bonds is 7. The van der Waals surface area contributed by atoms with Crippen LogP contribution in [0.25, 0.3) is 0 Å². The van der Waals surface area contributed by atoms with E-state index in [-0.39, 0.29) is 17.4 Å². The predicted molar refractivity (Wildman–Crippen MR) is 83.6 cm³/mol. The lowest BCUT2D eigenvalue weighted by Gasteiger charge is -2.14. The summed E-state index contributed by atoms with van der Waals surface area (Å²) >= 11 is 6.17. The highest BCUT2D eigenvalue weighted by molar-refractivity contribution is 6.20. The number of halogens is 1. The highest BCUT2D eigenvalue weighted by Crippen LogP contribution is 2.15. The SMILES string of the molecule is CC(C)CC(Cl)CNC(=O)c1cccc(OC(C)C)c1. The zero-order valence-corrected chi connectivity index (χ0v) is 13.4. The molecule has 0 radical (unpaired) electrons. The molecule has 1 atom stereocenters. The summed E-state index contributed by atoms with van der Waals surface area (Å²) in [6.45, 7) is 8.62. The van der Waals surface area contributed by atoms with Crippen LogP contribution in [0.3, 0.4) is 0 Å². The van der Waals surface area contributed by atoms with Crippen LogP contribution in [0.15, 0.2) is 24.3 Å². The van der Waals surface area contributed by atoms with E-state index in [0.29, 0.717) is 23.8 Å². The molecule has 1 N–H and O–H groups in total. The number of ether oxygens (including phenoxy) is 1. The van der Waals surface area contributed by atoms with Crippen LogP contribution in [0.1, 0.15) is 44.5 Å². The van der Waals surface area contributed by atoms with E-state index in [4.69, 9.17) is 16.3 Å². The minimum absolute atomic E-state index is 0.0333. The lowest BCUT2D eigenvalue weighted by molar-refractivity contribution is 0.0952. The van der Waals surface area contributed by atoms with Crippen LogP contribution < -0.4 is 10.1 Å². The first kappa shape index (κ1) is 16.8. The lowest BCUT2D eigenvalue weighted by atomic mass is 10.1. The van der Waals surface area contributed by atoms with Crippen molar-refractivity contribution in [2.45, 2.75) is 45.6 Å². The van der Waals surface area contributed by atoms with Gasteiger partial charge in [0.1, 0.15) is 5.75 Å². The summed E-state index contributed by atoms with van der Waals surface area (Å²) in [4.78, 5) is 12.0. The van der Waals surface area contributed by atoms with Gasteiger partial charge in [-0.1, -0.05) is 19.9 Å². The second-order valence-corrected chi connectivity index (χ2v) is 6.25. The van der Waals surface area contributed by atoms with E-state index in [1.807, 2.05) is 26.0 Å². The van der Waals surface area contributed by atoms with Gasteiger partial charge in [-0.05, 0) is 44.4 Å². The summed E-state index contributed by atoms with van der Waals surface area (Å²) in [5.74, 6) is 1.11. The number of benzene rings is 1. The third-order valence-electron chi connectivity index (χ3n) is 2.68. The van der Waals surface area contributed by atoms with Gasteiger partial charge in [-0.3, -0.25) is 4.79 Å². The van der Waals surface area contributed by atoms with Crippen molar-refractivity contribution in [1.29, 1.82) is 0 Å². The third kappa shape index (κ3) is 6.29. The molecule has 4 heteroatoms. The molecule has 0 aromatic heterocycles. The van der Waals surface area contributed by atoms with E-state index in [0.717, 1.165) is 6.42 Å². The van der Waals surface area contributed by atoms with Crippen molar-refractivity contribution >= 4 is 17.5 Å². The minimum atomic E-state index is -0.117. The predicted octanol–water partition coefficient (Wildman–Crippen LogP) is 3.86. The number of alkyl halides is 1. The van der Waals surface area contributed by atoms with Crippen LogP contribution >= 0.6 is 11.6 Å². The molecule has 0 aliphatic heterocycles. The van der Waals surface area contributed by atoms with E-state index in [2.05, 4.69) is 19.2 Å². The molecule has 1 rings (SSSR count). The van der Waals surface area contributed by atoms with E-state index < -0.39 is 0 Å². The molecule has 3 nitrogen and oxygen atoms in total. The molecule has 0 heterocycles. The van der Waals surface area contributed by atoms with Crippen LogP contribution in [0, 0.1) is 5.92 Å². The molecule has 0 aliphatic carbocycles. The Kier molecular flexibility index (Phi) is 6.86. The first-order chi connectivity index (χ1) is 9.38. The topological polar surface area (TPSA) is 38.3 Å². The highest BCUT2D eigenvalue weighted by atomic mass is 35.5. The second kappa shape index (κ2) is 8.15. The summed E-state index contributed by atoms with van der Waals surface area (Å²) in [5.41, 5.74) is 0.594. The van der Waals surface area contributed by atoms with Gasteiger partial charge < -0.3 is 10.1 Å². The summed E-state index contributed by atoms with van der Waals surface area (Å²) in [7, 11) is 0. The Morgan fingerprint density at radius 3 is 2.60 bits per heavy atom. The van der Waals surface area contributed by atoms with Crippen LogP contribution in [0.4, 0.5) is 0 Å². The maximum absolute atomic E-state index is 12.0. The molecule has 1 aromatic carbocycles. The third-order valence-corrected chi connectivity index (χ3v) is 3.01. The van der Waals surface area contributed by atoms with Gasteiger partial charge in [-0.25, -0.2) is 0 Å². The molecule has 0 spiro atoms. The molecular weight excluding hydrogens is 274 g/mol. The van der Waals surface area contributed by atoms with Gasteiger partial charge in [0.25, 0.3) is 5.91 Å². The zero-order chi connectivity index (χ0) is 15.1. The first-order valence-electron chi connectivity index (χ1n) is 7.07. The summed E-state index contributed by atoms with van der Waals surface area (Å²) in [6, 6.07) is 7.19. The van der Waals surface area contributed by atoms with Crippen LogP contribution in [-0.4, -0.2) is 23.9 Å². The molecule has 0 aliphatic rings. The summed E-state index contributed by atoms with van der Waals surface area (Å²) < 4.78 is 5.58. The zero-order valence-electron chi connectivity index (χ0n) is 12.7. The number of hydrogen-bond acceptors (Lipinski definition) is 2. The average molecular weight is 298 g/mol. The number of carbonyl (C=O) groups is 1. The molecule has 112 valence electrons. The van der Waals surface area contributed by atoms with Crippen LogP contribution in [0.5, 0.6) is 5.75 Å². The van der Waals surface area contributed by atoms with Crippen molar-refractivity contribution in [3.63, 3.8) is 0 Å². The number of amides is 1. The van der Waals surface area contributed by atoms with E-state index in [9.17, 15) is 4.79 Å². The van der Waals surface area contributed by atoms with Gasteiger partial charge in [0, 0.05) is 12.1 Å². The molecular formula is C16H24ClNO2. The standard InChI is InChI=1S/C16H24ClNO2/c1-11(2)8-14(17)10-18-16(19)13-6-5-7-15(9-13)20-12(3)4/h5-7,9,11-12,14H,8,10H2,1-4H3,(H,18,19). The molecule has 0 bridgehead atoms. The van der Waals surface area contributed by atoms with Gasteiger partial charge >= 0.3 is 0 Å². The first-order valence-corrected chi connectivity index (χ1v) is 7.51. The Hall–Kier alpha value is -1.22. The van der Waals surface area contributed by atoms with Crippen LogP contribution in [0.2, 0.25) is 0 Å². The Labute approximate surface area is 126 Å².